The van der Waals surface area contributed by atoms with Gasteiger partial charge in [-0.25, -0.2) is 0 Å². The third kappa shape index (κ3) is 22.0. The number of hydrogen-bond acceptors (Lipinski definition) is 11. The zero-order chi connectivity index (χ0) is 28.3. The highest BCUT2D eigenvalue weighted by molar-refractivity contribution is 6.00. The first kappa shape index (κ1) is 36.0. The lowest BCUT2D eigenvalue weighted by Crippen LogP contribution is -2.30. The summed E-state index contributed by atoms with van der Waals surface area (Å²) in [6.45, 7) is 5.38. The molecule has 38 heavy (non-hydrogen) atoms. The van der Waals surface area contributed by atoms with E-state index in [2.05, 4.69) is 5.32 Å². The lowest BCUT2D eigenvalue weighted by Gasteiger charge is -2.12. The number of imide groups is 1. The Labute approximate surface area is 225 Å². The Balaban J connectivity index is 0.000000761. The molecule has 1 fully saturated rings. The second-order valence-electron chi connectivity index (χ2n) is 8.02. The maximum Gasteiger partial charge on any atom is 0.253 e. The Morgan fingerprint density at radius 2 is 1.13 bits per heavy atom. The molecule has 0 atom stereocenters. The van der Waals surface area contributed by atoms with Gasteiger partial charge in [-0.3, -0.25) is 24.0 Å². The van der Waals surface area contributed by atoms with E-state index in [4.69, 9.17) is 33.3 Å². The summed E-state index contributed by atoms with van der Waals surface area (Å²) in [6, 6.07) is 0. The second kappa shape index (κ2) is 26.6. The molecule has 1 N–H and O–H groups in total. The first-order chi connectivity index (χ1) is 18.5. The highest BCUT2D eigenvalue weighted by atomic mass is 16.7. The average molecular weight is 551 g/mol. The van der Waals surface area contributed by atoms with Crippen molar-refractivity contribution in [1.29, 1.82) is 0 Å². The molecule has 0 unspecified atom stereocenters. The van der Waals surface area contributed by atoms with Gasteiger partial charge in [-0.2, -0.15) is 5.06 Å². The molecule has 0 spiro atoms. The van der Waals surface area contributed by atoms with Crippen LogP contribution in [0.5, 0.6) is 0 Å². The Morgan fingerprint density at radius 1 is 0.658 bits per heavy atom. The minimum Gasteiger partial charge on any atom is -0.382 e. The fourth-order valence-corrected chi connectivity index (χ4v) is 2.80. The molecule has 0 saturated carbocycles. The van der Waals surface area contributed by atoms with Crippen LogP contribution in [0.3, 0.4) is 0 Å². The number of hydrogen-bond donors (Lipinski definition) is 1. The van der Waals surface area contributed by atoms with E-state index in [0.717, 1.165) is 17.9 Å². The number of rotatable bonds is 24. The molecule has 222 valence electrons. The lowest BCUT2D eigenvalue weighted by molar-refractivity contribution is -0.188. The van der Waals surface area contributed by atoms with Gasteiger partial charge in [0.2, 0.25) is 5.91 Å². The van der Waals surface area contributed by atoms with Gasteiger partial charge in [0.1, 0.15) is 5.78 Å². The van der Waals surface area contributed by atoms with Crippen LogP contribution in [0.15, 0.2) is 0 Å². The van der Waals surface area contributed by atoms with Crippen LogP contribution in [0.2, 0.25) is 0 Å². The number of methoxy groups -OCH3 is 2. The normalized spacial score (nSPS) is 13.0. The predicted molar refractivity (Wildman–Crippen MR) is 136 cm³/mol. The van der Waals surface area contributed by atoms with Gasteiger partial charge in [0, 0.05) is 60.0 Å². The number of amides is 3. The van der Waals surface area contributed by atoms with E-state index in [-0.39, 0.29) is 55.8 Å². The van der Waals surface area contributed by atoms with Crippen LogP contribution >= 0.6 is 0 Å². The molecule has 13 nitrogen and oxygen atoms in total. The fourth-order valence-electron chi connectivity index (χ4n) is 2.80. The van der Waals surface area contributed by atoms with Gasteiger partial charge < -0.3 is 33.7 Å². The number of carbonyl (C=O) groups excluding carboxylic acids is 4. The summed E-state index contributed by atoms with van der Waals surface area (Å²) in [5, 5.41) is 3.34. The zero-order valence-corrected chi connectivity index (χ0v) is 23.2. The molecule has 1 rings (SSSR count). The molecular weight excluding hydrogens is 504 g/mol. The van der Waals surface area contributed by atoms with Gasteiger partial charge in [-0.15, -0.1) is 0 Å². The minimum absolute atomic E-state index is 0.0242. The number of ether oxygens (including phenoxy) is 6. The molecule has 0 radical (unpaired) electrons. The van der Waals surface area contributed by atoms with E-state index >= 15 is 0 Å². The summed E-state index contributed by atoms with van der Waals surface area (Å²) in [5.41, 5.74) is 0. The van der Waals surface area contributed by atoms with E-state index in [1.54, 1.807) is 21.3 Å². The highest BCUT2D eigenvalue weighted by Crippen LogP contribution is 2.12. The average Bonchev–Trinajstić information content (AvgIpc) is 3.23. The van der Waals surface area contributed by atoms with Crippen LogP contribution in [0.1, 0.15) is 44.9 Å². The number of ketones is 1. The van der Waals surface area contributed by atoms with Gasteiger partial charge in [-0.1, -0.05) is 0 Å². The van der Waals surface area contributed by atoms with E-state index < -0.39 is 0 Å². The summed E-state index contributed by atoms with van der Waals surface area (Å²) in [4.78, 5) is 50.0. The van der Waals surface area contributed by atoms with Crippen molar-refractivity contribution in [3.63, 3.8) is 0 Å². The molecule has 0 aromatic heterocycles. The molecule has 0 bridgehead atoms. The summed E-state index contributed by atoms with van der Waals surface area (Å²) in [7, 11) is 4.90. The van der Waals surface area contributed by atoms with Gasteiger partial charge in [-0.05, 0) is 12.8 Å². The van der Waals surface area contributed by atoms with Crippen LogP contribution < -0.4 is 5.32 Å². The first-order valence-corrected chi connectivity index (χ1v) is 13.0. The van der Waals surface area contributed by atoms with Crippen molar-refractivity contribution in [3.05, 3.63) is 0 Å². The van der Waals surface area contributed by atoms with Gasteiger partial charge in [0.05, 0.1) is 66.1 Å². The summed E-state index contributed by atoms with van der Waals surface area (Å²) in [5.74, 6) is -0.661. The third-order valence-corrected chi connectivity index (χ3v) is 4.96. The molecular formula is C25H46N2O11. The van der Waals surface area contributed by atoms with Crippen LogP contribution in [0.4, 0.5) is 0 Å². The second-order valence-corrected chi connectivity index (χ2v) is 8.02. The molecule has 3 amide bonds. The van der Waals surface area contributed by atoms with Crippen molar-refractivity contribution >= 4 is 23.5 Å². The number of nitrogens with one attached hydrogen (secondary N) is 1. The van der Waals surface area contributed by atoms with E-state index in [9.17, 15) is 19.2 Å². The van der Waals surface area contributed by atoms with Crippen molar-refractivity contribution in [3.8, 4) is 0 Å². The van der Waals surface area contributed by atoms with E-state index in [1.807, 2.05) is 0 Å². The number of carbonyl (C=O) groups is 4. The van der Waals surface area contributed by atoms with Crippen LogP contribution in [-0.2, 0) is 52.4 Å². The summed E-state index contributed by atoms with van der Waals surface area (Å²) < 4.78 is 30.7. The lowest BCUT2D eigenvalue weighted by atomic mass is 10.2. The molecule has 1 aliphatic heterocycles. The maximum absolute atomic E-state index is 11.6. The monoisotopic (exact) mass is 550 g/mol. The largest absolute Gasteiger partial charge is 0.382 e. The quantitative estimate of drug-likeness (QED) is 0.134. The third-order valence-electron chi connectivity index (χ3n) is 4.96. The van der Waals surface area contributed by atoms with Crippen LogP contribution in [0.25, 0.3) is 0 Å². The van der Waals surface area contributed by atoms with Gasteiger partial charge in [0.25, 0.3) is 11.8 Å². The van der Waals surface area contributed by atoms with Crippen LogP contribution in [-0.4, -0.2) is 123 Å². The van der Waals surface area contributed by atoms with Crippen LogP contribution in [0, 0.1) is 0 Å². The molecule has 0 aliphatic carbocycles. The molecule has 1 aliphatic rings. The number of nitrogens with zero attached hydrogens (tertiary/aromatic N) is 1. The molecule has 0 aromatic rings. The highest BCUT2D eigenvalue weighted by Gasteiger charge is 2.30. The van der Waals surface area contributed by atoms with Crippen molar-refractivity contribution in [2.45, 2.75) is 44.9 Å². The molecule has 1 saturated heterocycles. The summed E-state index contributed by atoms with van der Waals surface area (Å²) >= 11 is 0. The molecule has 1 heterocycles. The van der Waals surface area contributed by atoms with E-state index in [1.165, 1.54) is 0 Å². The zero-order valence-electron chi connectivity index (χ0n) is 23.2. The first-order valence-electron chi connectivity index (χ1n) is 13.0. The van der Waals surface area contributed by atoms with Crippen molar-refractivity contribution in [2.24, 2.45) is 0 Å². The summed E-state index contributed by atoms with van der Waals surface area (Å²) in [6.07, 6.45) is 3.11. The Morgan fingerprint density at radius 3 is 1.66 bits per heavy atom. The van der Waals surface area contributed by atoms with E-state index in [0.29, 0.717) is 72.5 Å². The number of unbranched alkanes of at least 4 members (excludes halogenated alkanes) is 1. The number of Topliss-reactive ketones (excluding diaryl/α,β-unsaturated/α-hetero) is 1. The smallest absolute Gasteiger partial charge is 0.253 e. The van der Waals surface area contributed by atoms with Gasteiger partial charge in [0.15, 0.2) is 0 Å². The van der Waals surface area contributed by atoms with Crippen molar-refractivity contribution in [1.82, 2.24) is 10.4 Å². The standard InChI is InChI=1S/C14H23NO7.C11H23NO4/c1-19-8-9-21-11-10-20-6-4-12(16)5-7-22-15-13(17)2-3-14(15)18;1-12-11(13)5-3-4-6-15-9-10-16-8-7-14-2/h2-11H2,1H3;3-10H2,1-2H3,(H,12,13). The SMILES string of the molecule is CNC(=O)CCCCOCCOCCOC.COCCOCCOCCC(=O)CCON1C(=O)CCC1=O. The fraction of sp³-hybridized carbons (Fsp3) is 0.840. The Hall–Kier alpha value is -2.00. The predicted octanol–water partition coefficient (Wildman–Crippen LogP) is 0.678. The number of hydroxylamine groups is 2. The maximum atomic E-state index is 11.6. The Bertz CT molecular complexity index is 618. The Kier molecular flexibility index (Phi) is 25.2. The molecule has 0 aromatic carbocycles. The van der Waals surface area contributed by atoms with Crippen molar-refractivity contribution < 1.29 is 52.4 Å². The van der Waals surface area contributed by atoms with Gasteiger partial charge >= 0.3 is 0 Å². The topological polar surface area (TPSA) is 148 Å². The molecule has 13 heteroatoms. The van der Waals surface area contributed by atoms with Crippen molar-refractivity contribution in [2.75, 3.05) is 93.9 Å². The minimum atomic E-state index is -0.353.